The first-order valence-electron chi connectivity index (χ1n) is 8.14. The summed E-state index contributed by atoms with van der Waals surface area (Å²) in [5, 5.41) is 3.43. The van der Waals surface area contributed by atoms with Gasteiger partial charge in [-0.05, 0) is 30.5 Å². The normalized spacial score (nSPS) is 21.2. The minimum absolute atomic E-state index is 0.0845. The molecule has 2 saturated heterocycles. The summed E-state index contributed by atoms with van der Waals surface area (Å²) >= 11 is 0. The summed E-state index contributed by atoms with van der Waals surface area (Å²) in [7, 11) is 0. The Balaban J connectivity index is 1.69. The number of hydrogen-bond donors (Lipinski definition) is 1. The van der Waals surface area contributed by atoms with Crippen molar-refractivity contribution in [2.75, 3.05) is 46.1 Å². The molecule has 2 aliphatic heterocycles. The van der Waals surface area contributed by atoms with Gasteiger partial charge in [-0.3, -0.25) is 10.1 Å². The van der Waals surface area contributed by atoms with Crippen LogP contribution in [0.3, 0.4) is 0 Å². The fourth-order valence-electron chi connectivity index (χ4n) is 3.23. The number of benzene rings is 1. The van der Waals surface area contributed by atoms with Crippen LogP contribution in [0.5, 0.6) is 0 Å². The molecule has 126 valence electrons. The van der Waals surface area contributed by atoms with E-state index in [1.165, 1.54) is 12.1 Å². The zero-order chi connectivity index (χ0) is 16.1. The summed E-state index contributed by atoms with van der Waals surface area (Å²) in [6, 6.07) is 6.54. The summed E-state index contributed by atoms with van der Waals surface area (Å²) in [5.74, 6) is -0.165. The second-order valence-corrected chi connectivity index (χ2v) is 6.05. The number of morpholine rings is 1. The molecule has 0 bridgehead atoms. The summed E-state index contributed by atoms with van der Waals surface area (Å²) in [6.45, 7) is 4.04. The first-order chi connectivity index (χ1) is 11.2. The van der Waals surface area contributed by atoms with Crippen LogP contribution in [0, 0.1) is 5.82 Å². The lowest BCUT2D eigenvalue weighted by molar-refractivity contribution is -0.135. The highest BCUT2D eigenvalue weighted by Gasteiger charge is 2.35. The Morgan fingerprint density at radius 1 is 1.09 bits per heavy atom. The molecule has 1 aromatic rings. The van der Waals surface area contributed by atoms with Gasteiger partial charge in [-0.2, -0.15) is 0 Å². The molecule has 0 aliphatic carbocycles. The lowest BCUT2D eigenvalue weighted by Crippen LogP contribution is -2.52. The van der Waals surface area contributed by atoms with Crippen molar-refractivity contribution in [3.63, 3.8) is 0 Å². The first kappa shape index (κ1) is 16.4. The van der Waals surface area contributed by atoms with Crippen molar-refractivity contribution < 1.29 is 18.7 Å². The fourth-order valence-corrected chi connectivity index (χ4v) is 3.23. The van der Waals surface area contributed by atoms with E-state index in [-0.39, 0.29) is 23.8 Å². The Hall–Kier alpha value is -1.50. The van der Waals surface area contributed by atoms with Crippen LogP contribution < -0.4 is 5.32 Å². The molecule has 0 atom stereocenters. The number of halogens is 1. The Morgan fingerprint density at radius 3 is 2.35 bits per heavy atom. The number of carbonyl (C=O) groups is 1. The molecule has 2 aliphatic rings. The second-order valence-electron chi connectivity index (χ2n) is 6.05. The predicted octanol–water partition coefficient (Wildman–Crippen LogP) is 1.28. The smallest absolute Gasteiger partial charge is 0.236 e. The fraction of sp³-hybridized carbons (Fsp3) is 0.588. The highest BCUT2D eigenvalue weighted by atomic mass is 19.1. The summed E-state index contributed by atoms with van der Waals surface area (Å²) in [5.41, 5.74) is 0.686. The lowest BCUT2D eigenvalue weighted by atomic mass is 9.82. The molecule has 5 nitrogen and oxygen atoms in total. The third-order valence-electron chi connectivity index (χ3n) is 4.68. The molecule has 2 fully saturated rings. The minimum atomic E-state index is -0.325. The van der Waals surface area contributed by atoms with Gasteiger partial charge in [0.2, 0.25) is 5.91 Å². The standard InChI is InChI=1S/C17H23FN2O3/c18-15-3-1-14(2-4-15)17(5-9-22-10-6-17)19-13-16(21)20-7-11-23-12-8-20/h1-4,19H,5-13H2. The number of amides is 1. The average molecular weight is 322 g/mol. The van der Waals surface area contributed by atoms with Crippen LogP contribution in [0.1, 0.15) is 18.4 Å². The molecule has 0 unspecified atom stereocenters. The lowest BCUT2D eigenvalue weighted by Gasteiger charge is -2.39. The van der Waals surface area contributed by atoms with E-state index in [0.29, 0.717) is 39.5 Å². The van der Waals surface area contributed by atoms with Gasteiger partial charge in [-0.15, -0.1) is 0 Å². The average Bonchev–Trinajstić information content (AvgIpc) is 2.62. The second kappa shape index (κ2) is 7.38. The Kier molecular flexibility index (Phi) is 5.25. The molecule has 0 radical (unpaired) electrons. The Labute approximate surface area is 135 Å². The molecule has 1 N–H and O–H groups in total. The largest absolute Gasteiger partial charge is 0.381 e. The molecule has 0 aromatic heterocycles. The van der Waals surface area contributed by atoms with E-state index in [9.17, 15) is 9.18 Å². The number of rotatable bonds is 4. The van der Waals surface area contributed by atoms with Crippen LogP contribution in [0.15, 0.2) is 24.3 Å². The molecule has 3 rings (SSSR count). The van der Waals surface area contributed by atoms with Gasteiger partial charge in [0.1, 0.15) is 5.82 Å². The monoisotopic (exact) mass is 322 g/mol. The highest BCUT2D eigenvalue weighted by Crippen LogP contribution is 2.32. The SMILES string of the molecule is O=C(CNC1(c2ccc(F)cc2)CCOCC1)N1CCOCC1. The maximum absolute atomic E-state index is 13.2. The van der Waals surface area contributed by atoms with Crippen LogP contribution >= 0.6 is 0 Å². The molecular formula is C17H23FN2O3. The topological polar surface area (TPSA) is 50.8 Å². The Morgan fingerprint density at radius 2 is 1.70 bits per heavy atom. The molecule has 0 spiro atoms. The number of nitrogens with one attached hydrogen (secondary N) is 1. The minimum Gasteiger partial charge on any atom is -0.381 e. The summed E-state index contributed by atoms with van der Waals surface area (Å²) in [4.78, 5) is 14.2. The van der Waals surface area contributed by atoms with Crippen molar-refractivity contribution >= 4 is 5.91 Å². The van der Waals surface area contributed by atoms with Crippen LogP contribution in [0.4, 0.5) is 4.39 Å². The molecular weight excluding hydrogens is 299 g/mol. The van der Waals surface area contributed by atoms with Crippen molar-refractivity contribution in [1.82, 2.24) is 10.2 Å². The van der Waals surface area contributed by atoms with E-state index in [2.05, 4.69) is 5.32 Å². The number of hydrogen-bond acceptors (Lipinski definition) is 4. The Bertz CT molecular complexity index is 523. The van der Waals surface area contributed by atoms with Gasteiger partial charge in [0, 0.05) is 31.8 Å². The zero-order valence-electron chi connectivity index (χ0n) is 13.2. The highest BCUT2D eigenvalue weighted by molar-refractivity contribution is 5.78. The number of nitrogens with zero attached hydrogens (tertiary/aromatic N) is 1. The van der Waals surface area contributed by atoms with Crippen molar-refractivity contribution in [3.05, 3.63) is 35.6 Å². The molecule has 6 heteroatoms. The van der Waals surface area contributed by atoms with Crippen LogP contribution in [0.25, 0.3) is 0 Å². The van der Waals surface area contributed by atoms with Gasteiger partial charge in [-0.1, -0.05) is 12.1 Å². The van der Waals surface area contributed by atoms with Gasteiger partial charge in [0.05, 0.1) is 19.8 Å². The molecule has 1 aromatic carbocycles. The number of carbonyl (C=O) groups excluding carboxylic acids is 1. The third-order valence-corrected chi connectivity index (χ3v) is 4.68. The quantitative estimate of drug-likeness (QED) is 0.907. The molecule has 1 amide bonds. The molecule has 23 heavy (non-hydrogen) atoms. The van der Waals surface area contributed by atoms with E-state index in [1.807, 2.05) is 4.90 Å². The van der Waals surface area contributed by atoms with Crippen molar-refractivity contribution in [3.8, 4) is 0 Å². The van der Waals surface area contributed by atoms with Gasteiger partial charge in [-0.25, -0.2) is 4.39 Å². The van der Waals surface area contributed by atoms with E-state index < -0.39 is 0 Å². The van der Waals surface area contributed by atoms with Crippen molar-refractivity contribution in [1.29, 1.82) is 0 Å². The molecule has 2 heterocycles. The summed E-state index contributed by atoms with van der Waals surface area (Å²) in [6.07, 6.45) is 1.55. The van der Waals surface area contributed by atoms with Crippen LogP contribution in [-0.2, 0) is 19.8 Å². The zero-order valence-corrected chi connectivity index (χ0v) is 13.2. The summed E-state index contributed by atoms with van der Waals surface area (Å²) < 4.78 is 24.0. The van der Waals surface area contributed by atoms with Gasteiger partial charge < -0.3 is 14.4 Å². The maximum Gasteiger partial charge on any atom is 0.236 e. The van der Waals surface area contributed by atoms with Crippen molar-refractivity contribution in [2.45, 2.75) is 18.4 Å². The van der Waals surface area contributed by atoms with E-state index >= 15 is 0 Å². The van der Waals surface area contributed by atoms with Crippen LogP contribution in [-0.4, -0.2) is 56.9 Å². The predicted molar refractivity (Wildman–Crippen MR) is 83.5 cm³/mol. The van der Waals surface area contributed by atoms with E-state index in [4.69, 9.17) is 9.47 Å². The van der Waals surface area contributed by atoms with E-state index in [0.717, 1.165) is 18.4 Å². The van der Waals surface area contributed by atoms with E-state index in [1.54, 1.807) is 12.1 Å². The van der Waals surface area contributed by atoms with Gasteiger partial charge in [0.15, 0.2) is 0 Å². The maximum atomic E-state index is 13.2. The van der Waals surface area contributed by atoms with Crippen LogP contribution in [0.2, 0.25) is 0 Å². The van der Waals surface area contributed by atoms with Gasteiger partial charge >= 0.3 is 0 Å². The van der Waals surface area contributed by atoms with Gasteiger partial charge in [0.25, 0.3) is 0 Å². The first-order valence-corrected chi connectivity index (χ1v) is 8.14. The van der Waals surface area contributed by atoms with Crippen molar-refractivity contribution in [2.24, 2.45) is 0 Å². The molecule has 0 saturated carbocycles. The number of ether oxygens (including phenoxy) is 2. The third kappa shape index (κ3) is 3.88.